The van der Waals surface area contributed by atoms with Crippen molar-refractivity contribution < 1.29 is 14.0 Å². The van der Waals surface area contributed by atoms with Crippen molar-refractivity contribution in [1.82, 2.24) is 10.3 Å². The lowest BCUT2D eigenvalue weighted by Crippen LogP contribution is -2.32. The van der Waals surface area contributed by atoms with E-state index in [-0.39, 0.29) is 24.1 Å². The molecule has 5 nitrogen and oxygen atoms in total. The van der Waals surface area contributed by atoms with E-state index in [1.807, 2.05) is 31.2 Å². The number of fused-ring (bicyclic) bond motifs is 1. The second-order valence-corrected chi connectivity index (χ2v) is 6.94. The van der Waals surface area contributed by atoms with Crippen LogP contribution in [0.4, 0.5) is 10.1 Å². The van der Waals surface area contributed by atoms with Crippen molar-refractivity contribution in [3.8, 4) is 0 Å². The summed E-state index contributed by atoms with van der Waals surface area (Å²) < 4.78 is 13.3. The van der Waals surface area contributed by atoms with Gasteiger partial charge in [-0.1, -0.05) is 25.1 Å². The number of pyridine rings is 1. The molecule has 0 spiro atoms. The summed E-state index contributed by atoms with van der Waals surface area (Å²) in [5, 5.41) is 6.61. The van der Waals surface area contributed by atoms with Crippen LogP contribution in [0.25, 0.3) is 10.9 Å². The highest BCUT2D eigenvalue weighted by Crippen LogP contribution is 2.32. The Balaban J connectivity index is 1.67. The fraction of sp³-hybridized carbons (Fsp3) is 0.174. The highest BCUT2D eigenvalue weighted by Gasteiger charge is 2.29. The fourth-order valence-electron chi connectivity index (χ4n) is 3.74. The number of carbonyl (C=O) groups is 2. The molecule has 0 bridgehead atoms. The van der Waals surface area contributed by atoms with Crippen molar-refractivity contribution in [3.63, 3.8) is 0 Å². The van der Waals surface area contributed by atoms with Gasteiger partial charge in [-0.05, 0) is 47.9 Å². The maximum Gasteiger partial charge on any atom is 0.253 e. The summed E-state index contributed by atoms with van der Waals surface area (Å²) in [4.78, 5) is 29.4. The highest BCUT2D eigenvalue weighted by atomic mass is 19.1. The maximum absolute atomic E-state index is 13.3. The van der Waals surface area contributed by atoms with E-state index in [9.17, 15) is 14.0 Å². The summed E-state index contributed by atoms with van der Waals surface area (Å²) in [6.45, 7) is 2.03. The van der Waals surface area contributed by atoms with E-state index in [1.54, 1.807) is 18.3 Å². The number of aromatic nitrogens is 1. The van der Waals surface area contributed by atoms with Gasteiger partial charge in [-0.2, -0.15) is 0 Å². The fourth-order valence-corrected chi connectivity index (χ4v) is 3.74. The first kappa shape index (κ1) is 18.8. The molecule has 1 aromatic heterocycles. The molecule has 1 aliphatic heterocycles. The molecule has 146 valence electrons. The molecule has 1 unspecified atom stereocenters. The molecule has 2 amide bonds. The Morgan fingerprint density at radius 2 is 2.00 bits per heavy atom. The number of anilines is 1. The van der Waals surface area contributed by atoms with Gasteiger partial charge in [-0.15, -0.1) is 0 Å². The number of carbonyl (C=O) groups excluding carboxylic acids is 2. The minimum atomic E-state index is -0.434. The van der Waals surface area contributed by atoms with Crippen molar-refractivity contribution in [1.29, 1.82) is 0 Å². The van der Waals surface area contributed by atoms with Crippen molar-refractivity contribution in [3.05, 3.63) is 83.4 Å². The molecular formula is C23H20FN3O2. The summed E-state index contributed by atoms with van der Waals surface area (Å²) in [6, 6.07) is 13.5. The number of hydrogen-bond donors (Lipinski definition) is 2. The standard InChI is InChI=1S/C23H20FN3O2/c1-2-16-17-4-3-11-25-20(17)9-10-21(16)27-23(29)19-13-26-22(28)12-18(19)14-5-7-15(24)8-6-14/h3-11,13,18H,2,12H2,1H3,(H,26,28)(H,27,29). The first-order chi connectivity index (χ1) is 14.1. The van der Waals surface area contributed by atoms with E-state index in [1.165, 1.54) is 18.3 Å². The van der Waals surface area contributed by atoms with Crippen LogP contribution in [-0.2, 0) is 16.0 Å². The van der Waals surface area contributed by atoms with Crippen LogP contribution in [0.3, 0.4) is 0 Å². The summed E-state index contributed by atoms with van der Waals surface area (Å²) in [6.07, 6.45) is 4.05. The van der Waals surface area contributed by atoms with E-state index in [4.69, 9.17) is 0 Å². The number of amides is 2. The van der Waals surface area contributed by atoms with Crippen LogP contribution in [0, 0.1) is 5.82 Å². The quantitative estimate of drug-likeness (QED) is 0.707. The van der Waals surface area contributed by atoms with Gasteiger partial charge in [0.15, 0.2) is 0 Å². The van der Waals surface area contributed by atoms with Crippen molar-refractivity contribution in [2.75, 3.05) is 5.32 Å². The molecule has 4 rings (SSSR count). The number of rotatable bonds is 4. The number of halogens is 1. The Hall–Kier alpha value is -3.54. The molecule has 2 N–H and O–H groups in total. The van der Waals surface area contributed by atoms with Gasteiger partial charge in [0.1, 0.15) is 5.82 Å². The number of benzene rings is 2. The van der Waals surface area contributed by atoms with E-state index >= 15 is 0 Å². The van der Waals surface area contributed by atoms with E-state index in [0.29, 0.717) is 11.3 Å². The Morgan fingerprint density at radius 1 is 1.21 bits per heavy atom. The lowest BCUT2D eigenvalue weighted by molar-refractivity contribution is -0.121. The molecule has 29 heavy (non-hydrogen) atoms. The van der Waals surface area contributed by atoms with E-state index in [2.05, 4.69) is 15.6 Å². The van der Waals surface area contributed by atoms with Crippen molar-refractivity contribution >= 4 is 28.4 Å². The van der Waals surface area contributed by atoms with Crippen LogP contribution in [-0.4, -0.2) is 16.8 Å². The van der Waals surface area contributed by atoms with Crippen LogP contribution >= 0.6 is 0 Å². The molecule has 2 aromatic carbocycles. The maximum atomic E-state index is 13.3. The average Bonchev–Trinajstić information content (AvgIpc) is 2.74. The summed E-state index contributed by atoms with van der Waals surface area (Å²) in [7, 11) is 0. The van der Waals surface area contributed by atoms with Gasteiger partial charge in [0.05, 0.1) is 5.52 Å². The molecule has 0 saturated carbocycles. The Kier molecular flexibility index (Phi) is 5.08. The Bertz CT molecular complexity index is 1120. The molecule has 2 heterocycles. The number of nitrogens with one attached hydrogen (secondary N) is 2. The minimum Gasteiger partial charge on any atom is -0.332 e. The van der Waals surface area contributed by atoms with E-state index in [0.717, 1.165) is 28.5 Å². The van der Waals surface area contributed by atoms with Gasteiger partial charge in [0.25, 0.3) is 5.91 Å². The zero-order valence-corrected chi connectivity index (χ0v) is 15.9. The first-order valence-corrected chi connectivity index (χ1v) is 9.49. The SMILES string of the molecule is CCc1c(NC(=O)C2=CNC(=O)CC2c2ccc(F)cc2)ccc2ncccc12. The Morgan fingerprint density at radius 3 is 2.76 bits per heavy atom. The molecule has 0 radical (unpaired) electrons. The van der Waals surface area contributed by atoms with Gasteiger partial charge in [-0.25, -0.2) is 4.39 Å². The Labute approximate surface area is 167 Å². The lowest BCUT2D eigenvalue weighted by atomic mass is 9.86. The summed E-state index contributed by atoms with van der Waals surface area (Å²) in [5.41, 5.74) is 3.75. The predicted molar refractivity (Wildman–Crippen MR) is 110 cm³/mol. The van der Waals surface area contributed by atoms with Gasteiger partial charge in [-0.3, -0.25) is 14.6 Å². The molecule has 3 aromatic rings. The highest BCUT2D eigenvalue weighted by molar-refractivity contribution is 6.07. The number of hydrogen-bond acceptors (Lipinski definition) is 3. The molecule has 1 aliphatic rings. The first-order valence-electron chi connectivity index (χ1n) is 9.49. The third-order valence-electron chi connectivity index (χ3n) is 5.19. The third kappa shape index (κ3) is 3.74. The normalized spacial score (nSPS) is 16.3. The van der Waals surface area contributed by atoms with Crippen molar-refractivity contribution in [2.24, 2.45) is 0 Å². The van der Waals surface area contributed by atoms with Gasteiger partial charge in [0, 0.05) is 41.4 Å². The number of nitrogens with zero attached hydrogens (tertiary/aromatic N) is 1. The largest absolute Gasteiger partial charge is 0.332 e. The van der Waals surface area contributed by atoms with Crippen molar-refractivity contribution in [2.45, 2.75) is 25.7 Å². The lowest BCUT2D eigenvalue weighted by Gasteiger charge is -2.24. The van der Waals surface area contributed by atoms with Gasteiger partial charge in [0.2, 0.25) is 5.91 Å². The second-order valence-electron chi connectivity index (χ2n) is 6.94. The van der Waals surface area contributed by atoms with Crippen LogP contribution in [0.5, 0.6) is 0 Å². The molecule has 0 saturated heterocycles. The van der Waals surface area contributed by atoms with E-state index < -0.39 is 5.92 Å². The zero-order chi connectivity index (χ0) is 20.4. The molecule has 6 heteroatoms. The minimum absolute atomic E-state index is 0.132. The topological polar surface area (TPSA) is 71.1 Å². The number of aryl methyl sites for hydroxylation is 1. The van der Waals surface area contributed by atoms with Gasteiger partial charge < -0.3 is 10.6 Å². The monoisotopic (exact) mass is 389 g/mol. The van der Waals surface area contributed by atoms with Crippen LogP contribution < -0.4 is 10.6 Å². The molecule has 0 fully saturated rings. The van der Waals surface area contributed by atoms with Crippen LogP contribution in [0.15, 0.2) is 66.5 Å². The van der Waals surface area contributed by atoms with Gasteiger partial charge >= 0.3 is 0 Å². The average molecular weight is 389 g/mol. The summed E-state index contributed by atoms with van der Waals surface area (Å²) in [5.74, 6) is -1.27. The molecule has 0 aliphatic carbocycles. The summed E-state index contributed by atoms with van der Waals surface area (Å²) >= 11 is 0. The second kappa shape index (κ2) is 7.83. The molecular weight excluding hydrogens is 369 g/mol. The third-order valence-corrected chi connectivity index (χ3v) is 5.19. The predicted octanol–water partition coefficient (Wildman–Crippen LogP) is 4.06. The van der Waals surface area contributed by atoms with Crippen LogP contribution in [0.1, 0.15) is 30.4 Å². The van der Waals surface area contributed by atoms with Crippen LogP contribution in [0.2, 0.25) is 0 Å². The molecule has 1 atom stereocenters. The smallest absolute Gasteiger partial charge is 0.253 e. The zero-order valence-electron chi connectivity index (χ0n) is 15.9.